The molecule has 2 aromatic carbocycles. The second-order valence-corrected chi connectivity index (χ2v) is 18.5. The first-order valence-electron chi connectivity index (χ1n) is 26.2. The van der Waals surface area contributed by atoms with E-state index in [2.05, 4.69) is 79.7 Å². The number of aryl methyl sites for hydroxylation is 4. The zero-order valence-electron chi connectivity index (χ0n) is 40.5. The average molecular weight is 807 g/mol. The molecule has 2 nitrogen and oxygen atoms in total. The van der Waals surface area contributed by atoms with E-state index in [1.165, 1.54) is 183 Å². The predicted molar refractivity (Wildman–Crippen MR) is 263 cm³/mol. The van der Waals surface area contributed by atoms with Crippen LogP contribution in [0.25, 0.3) is 16.9 Å². The first-order chi connectivity index (χ1) is 28.9. The Kier molecular flexibility index (Phi) is 26.3. The van der Waals surface area contributed by atoms with Crippen molar-refractivity contribution < 1.29 is 4.70 Å². The highest BCUT2D eigenvalue weighted by molar-refractivity contribution is 5.83. The Hall–Kier alpha value is -2.48. The third-order valence-electron chi connectivity index (χ3n) is 13.3. The van der Waals surface area contributed by atoms with E-state index >= 15 is 0 Å². The molecule has 2 heteroatoms. The van der Waals surface area contributed by atoms with Crippen molar-refractivity contribution in [3.8, 4) is 0 Å². The third kappa shape index (κ3) is 16.4. The monoisotopic (exact) mass is 807 g/mol. The topological polar surface area (TPSA) is 25.3 Å². The highest BCUT2D eigenvalue weighted by Crippen LogP contribution is 2.46. The molecular weight excluding hydrogens is 713 g/mol. The largest absolute Gasteiger partial charge is 0.493 e. The minimum Gasteiger partial charge on any atom is -0.493 e. The predicted octanol–water partition coefficient (Wildman–Crippen LogP) is 18.8. The van der Waals surface area contributed by atoms with Gasteiger partial charge in [0.2, 0.25) is 11.4 Å². The van der Waals surface area contributed by atoms with Gasteiger partial charge in [-0.15, -0.1) is 0 Å². The zero-order chi connectivity index (χ0) is 42.7. The Bertz CT molecular complexity index is 1490. The summed E-state index contributed by atoms with van der Waals surface area (Å²) in [5, 5.41) is 0. The second-order valence-electron chi connectivity index (χ2n) is 18.5. The smallest absolute Gasteiger partial charge is 0.211 e. The highest BCUT2D eigenvalue weighted by Gasteiger charge is 2.36. The van der Waals surface area contributed by atoms with Crippen molar-refractivity contribution in [3.63, 3.8) is 0 Å². The molecule has 0 aromatic heterocycles. The SMILES string of the molecule is CCCCCCCCc1c(CCCC)cc(C2=C(CCCC)C(CCCCC)=C(c3cc(CCCC)c(CCCCCCCC)c(CCCC)c3)[N+]2=[N-])cc1CCCC. The lowest BCUT2D eigenvalue weighted by Crippen LogP contribution is -2.09. The van der Waals surface area contributed by atoms with Gasteiger partial charge in [-0.1, -0.05) is 165 Å². The normalized spacial score (nSPS) is 13.2. The van der Waals surface area contributed by atoms with Crippen LogP contribution in [0.1, 0.15) is 273 Å². The van der Waals surface area contributed by atoms with Crippen LogP contribution >= 0.6 is 0 Å². The lowest BCUT2D eigenvalue weighted by molar-refractivity contribution is -0.345. The van der Waals surface area contributed by atoms with Crippen LogP contribution in [0.2, 0.25) is 0 Å². The van der Waals surface area contributed by atoms with E-state index in [0.29, 0.717) is 0 Å². The van der Waals surface area contributed by atoms with Crippen LogP contribution in [0, 0.1) is 0 Å². The Labute approximate surface area is 367 Å². The van der Waals surface area contributed by atoms with Gasteiger partial charge in [0.05, 0.1) is 0 Å². The summed E-state index contributed by atoms with van der Waals surface area (Å²) in [6.07, 6.45) is 40.8. The van der Waals surface area contributed by atoms with Gasteiger partial charge in [0, 0.05) is 22.3 Å². The molecule has 1 heterocycles. The fourth-order valence-corrected chi connectivity index (χ4v) is 9.73. The van der Waals surface area contributed by atoms with Crippen LogP contribution in [0.15, 0.2) is 35.4 Å². The molecule has 0 saturated heterocycles. The van der Waals surface area contributed by atoms with Crippen molar-refractivity contribution in [3.05, 3.63) is 85.5 Å². The van der Waals surface area contributed by atoms with Gasteiger partial charge >= 0.3 is 0 Å². The molecule has 0 radical (unpaired) electrons. The van der Waals surface area contributed by atoms with E-state index < -0.39 is 0 Å². The molecule has 0 saturated carbocycles. The maximum absolute atomic E-state index is 13.0. The second kappa shape index (κ2) is 30.5. The Morgan fingerprint density at radius 1 is 0.305 bits per heavy atom. The van der Waals surface area contributed by atoms with Crippen LogP contribution in [0.3, 0.4) is 0 Å². The number of benzene rings is 2. The van der Waals surface area contributed by atoms with Crippen LogP contribution in [-0.4, -0.2) is 4.70 Å². The quantitative estimate of drug-likeness (QED) is 0.0490. The zero-order valence-corrected chi connectivity index (χ0v) is 40.5. The van der Waals surface area contributed by atoms with E-state index in [1.807, 2.05) is 0 Å². The molecule has 59 heavy (non-hydrogen) atoms. The van der Waals surface area contributed by atoms with Gasteiger partial charge in [0.25, 0.3) is 0 Å². The molecular formula is C57H94N2. The summed E-state index contributed by atoms with van der Waals surface area (Å²) in [5.74, 6) is 0. The molecule has 0 bridgehead atoms. The molecule has 0 N–H and O–H groups in total. The first-order valence-corrected chi connectivity index (χ1v) is 26.2. The summed E-state index contributed by atoms with van der Waals surface area (Å²) < 4.78 is 1.73. The summed E-state index contributed by atoms with van der Waals surface area (Å²) in [6, 6.07) is 10.2. The van der Waals surface area contributed by atoms with Gasteiger partial charge in [0.15, 0.2) is 0 Å². The van der Waals surface area contributed by atoms with Crippen molar-refractivity contribution in [2.75, 3.05) is 0 Å². The maximum Gasteiger partial charge on any atom is 0.211 e. The fourth-order valence-electron chi connectivity index (χ4n) is 9.73. The molecule has 1 aliphatic heterocycles. The molecule has 1 aliphatic rings. The minimum absolute atomic E-state index is 1.03. The van der Waals surface area contributed by atoms with Gasteiger partial charge in [-0.3, -0.25) is 0 Å². The average Bonchev–Trinajstić information content (AvgIpc) is 3.52. The summed E-state index contributed by atoms with van der Waals surface area (Å²) in [4.78, 5) is 0. The molecule has 332 valence electrons. The van der Waals surface area contributed by atoms with Crippen molar-refractivity contribution >= 4 is 11.4 Å². The third-order valence-corrected chi connectivity index (χ3v) is 13.3. The van der Waals surface area contributed by atoms with Crippen molar-refractivity contribution in [2.24, 2.45) is 0 Å². The van der Waals surface area contributed by atoms with Crippen molar-refractivity contribution in [2.45, 2.75) is 267 Å². The standard InChI is InChI=1S/C57H94N2/c1-9-17-25-27-29-32-39-52-46(34-20-12-4)42-50(43-47(52)35-21-13-5)56-54(38-24-16-8)55(41-31-19-11-3)57(59(56)58)51-44-48(36-22-14-6)53(49(45-51)37-23-15-7)40-33-30-28-26-18-10-2/h42-45H,9-41H2,1-8H3. The number of hydrogen-bond acceptors (Lipinski definition) is 0. The number of rotatable bonds is 35. The molecule has 0 spiro atoms. The Morgan fingerprint density at radius 2 is 0.559 bits per heavy atom. The van der Waals surface area contributed by atoms with E-state index in [9.17, 15) is 5.53 Å². The molecule has 2 aromatic rings. The van der Waals surface area contributed by atoms with Gasteiger partial charge in [-0.05, 0) is 160 Å². The minimum atomic E-state index is 1.03. The van der Waals surface area contributed by atoms with Gasteiger partial charge < -0.3 is 5.53 Å². The lowest BCUT2D eigenvalue weighted by Gasteiger charge is -2.20. The number of allylic oxidation sites excluding steroid dienone is 2. The van der Waals surface area contributed by atoms with Crippen LogP contribution in [0.5, 0.6) is 0 Å². The number of nitrogens with zero attached hydrogens (tertiary/aromatic N) is 2. The summed E-state index contributed by atoms with van der Waals surface area (Å²) in [6.45, 7) is 18.7. The van der Waals surface area contributed by atoms with Crippen molar-refractivity contribution in [1.29, 1.82) is 0 Å². The van der Waals surface area contributed by atoms with E-state index in [0.717, 1.165) is 62.8 Å². The molecule has 0 aliphatic carbocycles. The summed E-state index contributed by atoms with van der Waals surface area (Å²) in [5.41, 5.74) is 30.1. The number of unbranched alkanes of at least 4 members (excludes halogenated alkanes) is 17. The van der Waals surface area contributed by atoms with E-state index in [4.69, 9.17) is 0 Å². The maximum atomic E-state index is 13.0. The summed E-state index contributed by atoms with van der Waals surface area (Å²) in [7, 11) is 0. The van der Waals surface area contributed by atoms with E-state index in [-0.39, 0.29) is 0 Å². The Balaban J connectivity index is 2.25. The van der Waals surface area contributed by atoms with E-state index in [1.54, 1.807) is 38.1 Å². The van der Waals surface area contributed by atoms with Gasteiger partial charge in [-0.2, -0.15) is 0 Å². The number of hydrogen-bond donors (Lipinski definition) is 0. The highest BCUT2D eigenvalue weighted by atomic mass is 15.2. The fraction of sp³-hybridized carbons (Fsp3) is 0.719. The first kappa shape index (κ1) is 50.9. The van der Waals surface area contributed by atoms with Crippen LogP contribution in [0.4, 0.5) is 0 Å². The molecule has 0 fully saturated rings. The van der Waals surface area contributed by atoms with Crippen LogP contribution in [-0.2, 0) is 38.5 Å². The van der Waals surface area contributed by atoms with Crippen molar-refractivity contribution in [1.82, 2.24) is 0 Å². The molecule has 3 rings (SSSR count). The molecule has 0 atom stereocenters. The molecule has 0 amide bonds. The Morgan fingerprint density at radius 3 is 0.898 bits per heavy atom. The van der Waals surface area contributed by atoms with Gasteiger partial charge in [0.1, 0.15) is 0 Å². The molecule has 0 unspecified atom stereocenters. The lowest BCUT2D eigenvalue weighted by atomic mass is 9.86. The van der Waals surface area contributed by atoms with Gasteiger partial charge in [-0.25, -0.2) is 4.70 Å². The summed E-state index contributed by atoms with van der Waals surface area (Å²) >= 11 is 0. The van der Waals surface area contributed by atoms with Crippen LogP contribution < -0.4 is 0 Å².